The van der Waals surface area contributed by atoms with Gasteiger partial charge < -0.3 is 9.47 Å². The molecule has 33 heavy (non-hydrogen) atoms. The van der Waals surface area contributed by atoms with Crippen LogP contribution >= 0.6 is 34.8 Å². The number of alkyl halides is 3. The van der Waals surface area contributed by atoms with Gasteiger partial charge in [-0.1, -0.05) is 40.9 Å². The first kappa shape index (κ1) is 25.0. The van der Waals surface area contributed by atoms with Crippen LogP contribution in [0, 0.1) is 0 Å². The minimum atomic E-state index is -4.45. The number of pyridine rings is 1. The van der Waals surface area contributed by atoms with Gasteiger partial charge in [-0.2, -0.15) is 18.3 Å². The Morgan fingerprint density at radius 2 is 1.79 bits per heavy atom. The molecule has 0 unspecified atom stereocenters. The van der Waals surface area contributed by atoms with Crippen LogP contribution in [0.3, 0.4) is 0 Å². The molecule has 0 saturated heterocycles. The van der Waals surface area contributed by atoms with Gasteiger partial charge in [0.25, 0.3) is 0 Å². The third-order valence-electron chi connectivity index (χ3n) is 4.18. The van der Waals surface area contributed by atoms with Gasteiger partial charge in [0.05, 0.1) is 33.5 Å². The molecule has 11 heteroatoms. The van der Waals surface area contributed by atoms with Gasteiger partial charge in [-0.15, -0.1) is 0 Å². The molecule has 1 aromatic heterocycles. The maximum atomic E-state index is 12.6. The van der Waals surface area contributed by atoms with E-state index in [1.165, 1.54) is 12.3 Å². The zero-order valence-electron chi connectivity index (χ0n) is 17.1. The van der Waals surface area contributed by atoms with Gasteiger partial charge in [-0.25, -0.2) is 4.98 Å². The van der Waals surface area contributed by atoms with Crippen molar-refractivity contribution < 1.29 is 22.6 Å². The van der Waals surface area contributed by atoms with Gasteiger partial charge in [-0.3, -0.25) is 5.43 Å². The third kappa shape index (κ3) is 6.90. The summed E-state index contributed by atoms with van der Waals surface area (Å²) in [5, 5.41) is 5.13. The van der Waals surface area contributed by atoms with Crippen molar-refractivity contribution in [3.63, 3.8) is 0 Å². The number of hydrogen-bond acceptors (Lipinski definition) is 5. The molecule has 0 saturated carbocycles. The molecular weight excluding hydrogens is 502 g/mol. The van der Waals surface area contributed by atoms with Gasteiger partial charge in [0.15, 0.2) is 11.5 Å². The van der Waals surface area contributed by atoms with Crippen molar-refractivity contribution in [2.45, 2.75) is 19.7 Å². The highest BCUT2D eigenvalue weighted by atomic mass is 35.5. The average molecular weight is 519 g/mol. The van der Waals surface area contributed by atoms with Crippen molar-refractivity contribution in [2.24, 2.45) is 5.10 Å². The van der Waals surface area contributed by atoms with Crippen LogP contribution in [0.25, 0.3) is 0 Å². The average Bonchev–Trinajstić information content (AvgIpc) is 2.75. The summed E-state index contributed by atoms with van der Waals surface area (Å²) >= 11 is 18.4. The first-order valence-electron chi connectivity index (χ1n) is 9.52. The van der Waals surface area contributed by atoms with Crippen LogP contribution in [0.5, 0.6) is 11.5 Å². The van der Waals surface area contributed by atoms with Crippen molar-refractivity contribution >= 4 is 46.8 Å². The third-order valence-corrected chi connectivity index (χ3v) is 5.20. The number of hydrogen-bond donors (Lipinski definition) is 1. The SMILES string of the molecule is CCOc1cc(/C=N\Nc2ccc(C(F)(F)F)cn2)cc(Cl)c1OCc1ccc(Cl)c(Cl)c1. The Labute approximate surface area is 203 Å². The van der Waals surface area contributed by atoms with Crippen LogP contribution < -0.4 is 14.9 Å². The normalized spacial score (nSPS) is 11.6. The largest absolute Gasteiger partial charge is 0.490 e. The Morgan fingerprint density at radius 1 is 1.00 bits per heavy atom. The molecule has 0 radical (unpaired) electrons. The molecule has 174 valence electrons. The molecule has 1 heterocycles. The Morgan fingerprint density at radius 3 is 2.42 bits per heavy atom. The molecule has 3 aromatic rings. The Kier molecular flexibility index (Phi) is 8.29. The summed E-state index contributed by atoms with van der Waals surface area (Å²) in [5.41, 5.74) is 3.09. The molecule has 3 rings (SSSR count). The second kappa shape index (κ2) is 11.0. The number of benzene rings is 2. The first-order valence-corrected chi connectivity index (χ1v) is 10.7. The van der Waals surface area contributed by atoms with E-state index in [-0.39, 0.29) is 17.4 Å². The first-order chi connectivity index (χ1) is 15.7. The second-order valence-corrected chi connectivity index (χ2v) is 7.82. The smallest absolute Gasteiger partial charge is 0.417 e. The molecule has 0 fully saturated rings. The van der Waals surface area contributed by atoms with E-state index in [4.69, 9.17) is 44.3 Å². The van der Waals surface area contributed by atoms with E-state index in [2.05, 4.69) is 15.5 Å². The maximum absolute atomic E-state index is 12.6. The number of ether oxygens (including phenoxy) is 2. The molecule has 2 aromatic carbocycles. The predicted molar refractivity (Wildman–Crippen MR) is 124 cm³/mol. The maximum Gasteiger partial charge on any atom is 0.417 e. The molecular formula is C22H17Cl3F3N3O2. The van der Waals surface area contributed by atoms with Gasteiger partial charge >= 0.3 is 6.18 Å². The van der Waals surface area contributed by atoms with Crippen LogP contribution in [0.15, 0.2) is 53.8 Å². The van der Waals surface area contributed by atoms with Crippen molar-refractivity contribution in [3.05, 3.63) is 80.4 Å². The highest BCUT2D eigenvalue weighted by molar-refractivity contribution is 6.42. The molecule has 1 N–H and O–H groups in total. The second-order valence-electron chi connectivity index (χ2n) is 6.60. The number of hydrazone groups is 1. The van der Waals surface area contributed by atoms with Crippen LogP contribution in [-0.4, -0.2) is 17.8 Å². The molecule has 5 nitrogen and oxygen atoms in total. The topological polar surface area (TPSA) is 55.7 Å². The van der Waals surface area contributed by atoms with Gasteiger partial charge in [0.2, 0.25) is 0 Å². The Balaban J connectivity index is 1.72. The zero-order valence-corrected chi connectivity index (χ0v) is 19.4. The Bertz CT molecular complexity index is 1140. The number of nitrogens with zero attached hydrogens (tertiary/aromatic N) is 2. The number of nitrogens with one attached hydrogen (secondary N) is 1. The molecule has 0 bridgehead atoms. The number of rotatable bonds is 8. The van der Waals surface area contributed by atoms with E-state index in [1.54, 1.807) is 30.3 Å². The number of anilines is 1. The van der Waals surface area contributed by atoms with Gasteiger partial charge in [0, 0.05) is 6.20 Å². The fraction of sp³-hybridized carbons (Fsp3) is 0.182. The lowest BCUT2D eigenvalue weighted by atomic mass is 10.2. The quantitative estimate of drug-likeness (QED) is 0.248. The lowest BCUT2D eigenvalue weighted by Crippen LogP contribution is -2.05. The molecule has 0 atom stereocenters. The van der Waals surface area contributed by atoms with Crippen molar-refractivity contribution in [1.82, 2.24) is 4.98 Å². The van der Waals surface area contributed by atoms with E-state index >= 15 is 0 Å². The monoisotopic (exact) mass is 517 g/mol. The number of aromatic nitrogens is 1. The van der Waals surface area contributed by atoms with Crippen LogP contribution in [0.4, 0.5) is 19.0 Å². The van der Waals surface area contributed by atoms with Gasteiger partial charge in [0.1, 0.15) is 12.4 Å². The summed E-state index contributed by atoms with van der Waals surface area (Å²) in [4.78, 5) is 3.69. The van der Waals surface area contributed by atoms with Crippen LogP contribution in [-0.2, 0) is 12.8 Å². The summed E-state index contributed by atoms with van der Waals surface area (Å²) in [6.07, 6.45) is -2.30. The predicted octanol–water partition coefficient (Wildman–Crippen LogP) is 7.48. The highest BCUT2D eigenvalue weighted by Gasteiger charge is 2.30. The van der Waals surface area contributed by atoms with E-state index in [0.29, 0.717) is 33.7 Å². The van der Waals surface area contributed by atoms with Gasteiger partial charge in [-0.05, 0) is 54.4 Å². The molecule has 0 aliphatic carbocycles. The fourth-order valence-corrected chi connectivity index (χ4v) is 3.25. The lowest BCUT2D eigenvalue weighted by molar-refractivity contribution is -0.137. The van der Waals surface area contributed by atoms with Crippen molar-refractivity contribution in [2.75, 3.05) is 12.0 Å². The Hall–Kier alpha value is -2.68. The fourth-order valence-electron chi connectivity index (χ4n) is 2.65. The van der Waals surface area contributed by atoms with Crippen molar-refractivity contribution in [3.8, 4) is 11.5 Å². The zero-order chi connectivity index (χ0) is 24.0. The van der Waals surface area contributed by atoms with Crippen LogP contribution in [0.1, 0.15) is 23.6 Å². The lowest BCUT2D eigenvalue weighted by Gasteiger charge is -2.14. The molecule has 0 aliphatic heterocycles. The summed E-state index contributed by atoms with van der Waals surface area (Å²) in [6.45, 7) is 2.37. The number of halogens is 6. The summed E-state index contributed by atoms with van der Waals surface area (Å²) in [6, 6.07) is 10.5. The summed E-state index contributed by atoms with van der Waals surface area (Å²) in [7, 11) is 0. The van der Waals surface area contributed by atoms with Crippen LogP contribution in [0.2, 0.25) is 15.1 Å². The minimum Gasteiger partial charge on any atom is -0.490 e. The summed E-state index contributed by atoms with van der Waals surface area (Å²) in [5.74, 6) is 0.898. The molecule has 0 spiro atoms. The van der Waals surface area contributed by atoms with Crippen molar-refractivity contribution in [1.29, 1.82) is 0 Å². The van der Waals surface area contributed by atoms with E-state index in [1.807, 2.05) is 6.92 Å². The highest BCUT2D eigenvalue weighted by Crippen LogP contribution is 2.37. The minimum absolute atomic E-state index is 0.150. The standard InChI is InChI=1S/C22H17Cl3F3N3O2/c1-2-32-19-9-14(10-30-31-20-6-4-15(11-29-20)22(26,27)28)8-18(25)21(19)33-12-13-3-5-16(23)17(24)7-13/h3-11H,2,12H2,1H3,(H,29,31)/b30-10-. The van der Waals surface area contributed by atoms with E-state index in [0.717, 1.165) is 17.8 Å². The molecule has 0 aliphatic rings. The summed E-state index contributed by atoms with van der Waals surface area (Å²) < 4.78 is 49.3. The molecule has 0 amide bonds. The van der Waals surface area contributed by atoms with E-state index in [9.17, 15) is 13.2 Å². The van der Waals surface area contributed by atoms with E-state index < -0.39 is 11.7 Å².